The maximum Gasteiger partial charge on any atom is 0.272 e. The fourth-order valence-corrected chi connectivity index (χ4v) is 3.54. The molecule has 6 heteroatoms. The molecule has 2 aromatic rings. The second kappa shape index (κ2) is 4.73. The molecule has 2 fully saturated rings. The van der Waals surface area contributed by atoms with Gasteiger partial charge in [-0.15, -0.1) is 0 Å². The number of nitrogens with zero attached hydrogens (tertiary/aromatic N) is 3. The van der Waals surface area contributed by atoms with Crippen LogP contribution in [0, 0.1) is 0 Å². The SMILES string of the molecule is Cn1cccc1-c1cc(C(=O)N2[C@@H]3CC[C@H]2CNC3)[nH]n1. The fraction of sp³-hybridized carbons (Fsp3) is 0.467. The Balaban J connectivity index is 1.61. The number of carbonyl (C=O) groups excluding carboxylic acids is 1. The number of H-pyrrole nitrogens is 1. The quantitative estimate of drug-likeness (QED) is 0.865. The van der Waals surface area contributed by atoms with Crippen molar-refractivity contribution in [3.05, 3.63) is 30.1 Å². The monoisotopic (exact) mass is 285 g/mol. The Kier molecular flexibility index (Phi) is 2.85. The first kappa shape index (κ1) is 12.6. The van der Waals surface area contributed by atoms with Crippen molar-refractivity contribution in [3.8, 4) is 11.4 Å². The lowest BCUT2D eigenvalue weighted by atomic mass is 10.2. The van der Waals surface area contributed by atoms with Crippen LogP contribution in [0.15, 0.2) is 24.4 Å². The van der Waals surface area contributed by atoms with Gasteiger partial charge in [-0.05, 0) is 31.0 Å². The van der Waals surface area contributed by atoms with E-state index in [1.807, 2.05) is 40.9 Å². The van der Waals surface area contributed by atoms with Crippen molar-refractivity contribution in [2.24, 2.45) is 7.05 Å². The van der Waals surface area contributed by atoms with Gasteiger partial charge >= 0.3 is 0 Å². The number of fused-ring (bicyclic) bond motifs is 2. The molecular formula is C15H19N5O. The van der Waals surface area contributed by atoms with Gasteiger partial charge < -0.3 is 14.8 Å². The molecule has 2 aromatic heterocycles. The minimum absolute atomic E-state index is 0.0805. The van der Waals surface area contributed by atoms with Gasteiger partial charge in [0.25, 0.3) is 5.91 Å². The summed E-state index contributed by atoms with van der Waals surface area (Å²) in [6, 6.07) is 6.50. The molecule has 110 valence electrons. The highest BCUT2D eigenvalue weighted by Gasteiger charge is 2.40. The normalized spacial score (nSPS) is 24.5. The zero-order valence-corrected chi connectivity index (χ0v) is 12.0. The number of nitrogens with one attached hydrogen (secondary N) is 2. The van der Waals surface area contributed by atoms with E-state index in [0.29, 0.717) is 17.8 Å². The number of aromatic nitrogens is 3. The molecule has 4 heterocycles. The molecule has 2 saturated heterocycles. The van der Waals surface area contributed by atoms with E-state index in [1.165, 1.54) is 0 Å². The summed E-state index contributed by atoms with van der Waals surface area (Å²) in [7, 11) is 1.97. The first-order valence-corrected chi connectivity index (χ1v) is 7.44. The second-order valence-corrected chi connectivity index (χ2v) is 5.93. The standard InChI is InChI=1S/C15H19N5O/c1-19-6-2-3-14(19)12-7-13(18-17-12)15(21)20-10-4-5-11(20)9-16-8-10/h2-3,6-7,10-11,16H,4-5,8-9H2,1H3,(H,17,18)/t10-,11+. The van der Waals surface area contributed by atoms with Crippen LogP contribution < -0.4 is 5.32 Å². The Labute approximate surface area is 123 Å². The molecule has 2 atom stereocenters. The minimum atomic E-state index is 0.0805. The van der Waals surface area contributed by atoms with E-state index in [4.69, 9.17) is 0 Å². The predicted octanol–water partition coefficient (Wildman–Crippen LogP) is 0.992. The number of carbonyl (C=O) groups is 1. The molecule has 0 aromatic carbocycles. The summed E-state index contributed by atoms with van der Waals surface area (Å²) in [6.45, 7) is 1.81. The second-order valence-electron chi connectivity index (χ2n) is 5.93. The van der Waals surface area contributed by atoms with E-state index in [2.05, 4.69) is 15.5 Å². The van der Waals surface area contributed by atoms with Gasteiger partial charge in [-0.3, -0.25) is 9.89 Å². The third-order valence-corrected chi connectivity index (χ3v) is 4.63. The highest BCUT2D eigenvalue weighted by atomic mass is 16.2. The third kappa shape index (κ3) is 1.98. The Morgan fingerprint density at radius 2 is 2.10 bits per heavy atom. The number of hydrogen-bond donors (Lipinski definition) is 2. The van der Waals surface area contributed by atoms with Gasteiger partial charge in [0.1, 0.15) is 11.4 Å². The van der Waals surface area contributed by atoms with Crippen LogP contribution in [0.25, 0.3) is 11.4 Å². The average Bonchev–Trinajstić information content (AvgIpc) is 3.17. The topological polar surface area (TPSA) is 66.0 Å². The van der Waals surface area contributed by atoms with Crippen molar-refractivity contribution >= 4 is 5.91 Å². The lowest BCUT2D eigenvalue weighted by molar-refractivity contribution is 0.0613. The molecule has 2 bridgehead atoms. The summed E-state index contributed by atoms with van der Waals surface area (Å²) in [4.78, 5) is 14.8. The van der Waals surface area contributed by atoms with Crippen molar-refractivity contribution in [2.75, 3.05) is 13.1 Å². The molecular weight excluding hydrogens is 266 g/mol. The molecule has 4 rings (SSSR count). The summed E-state index contributed by atoms with van der Waals surface area (Å²) in [6.07, 6.45) is 4.17. The summed E-state index contributed by atoms with van der Waals surface area (Å²) in [5, 5.41) is 10.6. The van der Waals surface area contributed by atoms with E-state index in [1.54, 1.807) is 0 Å². The van der Waals surface area contributed by atoms with Gasteiger partial charge in [0.05, 0.1) is 5.69 Å². The number of piperazine rings is 1. The predicted molar refractivity (Wildman–Crippen MR) is 78.8 cm³/mol. The zero-order chi connectivity index (χ0) is 14.4. The van der Waals surface area contributed by atoms with E-state index in [9.17, 15) is 4.79 Å². The van der Waals surface area contributed by atoms with E-state index >= 15 is 0 Å². The number of amides is 1. The summed E-state index contributed by atoms with van der Waals surface area (Å²) >= 11 is 0. The molecule has 0 spiro atoms. The zero-order valence-electron chi connectivity index (χ0n) is 12.0. The van der Waals surface area contributed by atoms with Crippen LogP contribution in [-0.2, 0) is 7.05 Å². The van der Waals surface area contributed by atoms with Gasteiger partial charge in [-0.25, -0.2) is 0 Å². The highest BCUT2D eigenvalue weighted by molar-refractivity contribution is 5.94. The highest BCUT2D eigenvalue weighted by Crippen LogP contribution is 2.28. The van der Waals surface area contributed by atoms with Crippen molar-refractivity contribution in [1.29, 1.82) is 0 Å². The molecule has 0 radical (unpaired) electrons. The smallest absolute Gasteiger partial charge is 0.272 e. The van der Waals surface area contributed by atoms with Gasteiger partial charge in [-0.2, -0.15) is 5.10 Å². The first-order chi connectivity index (χ1) is 10.2. The summed E-state index contributed by atoms with van der Waals surface area (Å²) < 4.78 is 2.00. The molecule has 6 nitrogen and oxygen atoms in total. The maximum absolute atomic E-state index is 12.7. The van der Waals surface area contributed by atoms with Crippen LogP contribution in [-0.4, -0.2) is 50.7 Å². The van der Waals surface area contributed by atoms with Gasteiger partial charge in [-0.1, -0.05) is 0 Å². The average molecular weight is 285 g/mol. The lowest BCUT2D eigenvalue weighted by Crippen LogP contribution is -2.54. The van der Waals surface area contributed by atoms with Gasteiger partial charge in [0.2, 0.25) is 0 Å². The number of aromatic amines is 1. The maximum atomic E-state index is 12.7. The largest absolute Gasteiger partial charge is 0.349 e. The number of aryl methyl sites for hydroxylation is 1. The van der Waals surface area contributed by atoms with Gasteiger partial charge in [0.15, 0.2) is 0 Å². The van der Waals surface area contributed by atoms with Crippen molar-refractivity contribution in [1.82, 2.24) is 25.0 Å². The van der Waals surface area contributed by atoms with Crippen LogP contribution in [0.5, 0.6) is 0 Å². The van der Waals surface area contributed by atoms with E-state index in [0.717, 1.165) is 37.3 Å². The lowest BCUT2D eigenvalue weighted by Gasteiger charge is -2.34. The minimum Gasteiger partial charge on any atom is -0.349 e. The molecule has 0 aliphatic carbocycles. The Morgan fingerprint density at radius 1 is 1.33 bits per heavy atom. The van der Waals surface area contributed by atoms with Gasteiger partial charge in [0, 0.05) is 38.4 Å². The summed E-state index contributed by atoms with van der Waals surface area (Å²) in [5.41, 5.74) is 2.41. The van der Waals surface area contributed by atoms with Crippen LogP contribution in [0.1, 0.15) is 23.3 Å². The first-order valence-electron chi connectivity index (χ1n) is 7.44. The van der Waals surface area contributed by atoms with Crippen LogP contribution in [0.3, 0.4) is 0 Å². The van der Waals surface area contributed by atoms with Crippen molar-refractivity contribution in [3.63, 3.8) is 0 Å². The molecule has 2 N–H and O–H groups in total. The van der Waals surface area contributed by atoms with Crippen molar-refractivity contribution < 1.29 is 4.79 Å². The van der Waals surface area contributed by atoms with Crippen LogP contribution in [0.2, 0.25) is 0 Å². The van der Waals surface area contributed by atoms with E-state index in [-0.39, 0.29) is 5.91 Å². The number of hydrogen-bond acceptors (Lipinski definition) is 3. The van der Waals surface area contributed by atoms with Crippen LogP contribution >= 0.6 is 0 Å². The Morgan fingerprint density at radius 3 is 2.76 bits per heavy atom. The summed E-state index contributed by atoms with van der Waals surface area (Å²) in [5.74, 6) is 0.0805. The molecule has 21 heavy (non-hydrogen) atoms. The van der Waals surface area contributed by atoms with Crippen molar-refractivity contribution in [2.45, 2.75) is 24.9 Å². The van der Waals surface area contributed by atoms with E-state index < -0.39 is 0 Å². The molecule has 1 amide bonds. The van der Waals surface area contributed by atoms with Crippen LogP contribution in [0.4, 0.5) is 0 Å². The molecule has 0 saturated carbocycles. The molecule has 2 aliphatic rings. The number of rotatable bonds is 2. The molecule has 0 unspecified atom stereocenters. The fourth-order valence-electron chi connectivity index (χ4n) is 3.54. The Hall–Kier alpha value is -2.08. The molecule has 2 aliphatic heterocycles. The Bertz CT molecular complexity index is 657. The third-order valence-electron chi connectivity index (χ3n) is 4.63.